The number of carbonyl (C=O) groups is 1. The van der Waals surface area contributed by atoms with Crippen LogP contribution in [0.25, 0.3) is 0 Å². The maximum absolute atomic E-state index is 12.3. The van der Waals surface area contributed by atoms with E-state index in [1.165, 1.54) is 25.7 Å². The minimum atomic E-state index is -0.160. The van der Waals surface area contributed by atoms with Crippen LogP contribution in [0.4, 0.5) is 4.79 Å². The summed E-state index contributed by atoms with van der Waals surface area (Å²) in [5.41, 5.74) is 1.14. The minimum Gasteiger partial charge on any atom is -0.497 e. The monoisotopic (exact) mass is 345 g/mol. The van der Waals surface area contributed by atoms with Crippen molar-refractivity contribution in [1.29, 1.82) is 0 Å². The molecule has 1 saturated carbocycles. The fourth-order valence-corrected chi connectivity index (χ4v) is 4.08. The van der Waals surface area contributed by atoms with Gasteiger partial charge in [0.25, 0.3) is 0 Å². The van der Waals surface area contributed by atoms with Gasteiger partial charge in [-0.15, -0.1) is 0 Å². The Morgan fingerprint density at radius 1 is 1.36 bits per heavy atom. The van der Waals surface area contributed by atoms with Gasteiger partial charge in [-0.1, -0.05) is 26.0 Å². The zero-order chi connectivity index (χ0) is 17.9. The SMILES string of the molecule is COc1cccc(C(C)(C)CNC(=O)NC[C@]23CC[C@H]2CCCN3)c1. The van der Waals surface area contributed by atoms with E-state index in [1.807, 2.05) is 18.2 Å². The topological polar surface area (TPSA) is 62.4 Å². The highest BCUT2D eigenvalue weighted by molar-refractivity contribution is 5.74. The molecule has 0 radical (unpaired) electrons. The average molecular weight is 345 g/mol. The van der Waals surface area contributed by atoms with E-state index in [2.05, 4.69) is 35.9 Å². The highest BCUT2D eigenvalue weighted by atomic mass is 16.5. The Morgan fingerprint density at radius 2 is 2.20 bits per heavy atom. The van der Waals surface area contributed by atoms with Gasteiger partial charge >= 0.3 is 6.03 Å². The van der Waals surface area contributed by atoms with Gasteiger partial charge in [0.2, 0.25) is 0 Å². The summed E-state index contributed by atoms with van der Waals surface area (Å²) >= 11 is 0. The molecule has 1 saturated heterocycles. The smallest absolute Gasteiger partial charge is 0.314 e. The van der Waals surface area contributed by atoms with E-state index in [1.54, 1.807) is 7.11 Å². The second kappa shape index (κ2) is 7.24. The fraction of sp³-hybridized carbons (Fsp3) is 0.650. The number of benzene rings is 1. The molecular formula is C20H31N3O2. The van der Waals surface area contributed by atoms with Crippen molar-refractivity contribution >= 4 is 6.03 Å². The summed E-state index contributed by atoms with van der Waals surface area (Å²) in [4.78, 5) is 12.3. The summed E-state index contributed by atoms with van der Waals surface area (Å²) < 4.78 is 5.30. The Labute approximate surface area is 150 Å². The molecule has 0 aromatic heterocycles. The second-order valence-electron chi connectivity index (χ2n) is 8.11. The first-order valence-electron chi connectivity index (χ1n) is 9.36. The van der Waals surface area contributed by atoms with Crippen LogP contribution >= 0.6 is 0 Å². The summed E-state index contributed by atoms with van der Waals surface area (Å²) in [5.74, 6) is 1.57. The fourth-order valence-electron chi connectivity index (χ4n) is 4.08. The number of amides is 2. The zero-order valence-corrected chi connectivity index (χ0v) is 15.7. The van der Waals surface area contributed by atoms with Gasteiger partial charge in [-0.2, -0.15) is 0 Å². The summed E-state index contributed by atoms with van der Waals surface area (Å²) in [6, 6.07) is 7.95. The lowest BCUT2D eigenvalue weighted by Crippen LogP contribution is -2.66. The van der Waals surface area contributed by atoms with Crippen LogP contribution in [0.15, 0.2) is 24.3 Å². The number of urea groups is 1. The third kappa shape index (κ3) is 3.92. The van der Waals surface area contributed by atoms with Crippen molar-refractivity contribution in [1.82, 2.24) is 16.0 Å². The lowest BCUT2D eigenvalue weighted by atomic mass is 9.63. The molecule has 1 aliphatic carbocycles. The number of carbonyl (C=O) groups excluding carboxylic acids is 1. The average Bonchev–Trinajstić information content (AvgIpc) is 2.60. The molecule has 3 rings (SSSR count). The molecule has 1 aromatic rings. The number of ether oxygens (including phenoxy) is 1. The van der Waals surface area contributed by atoms with Crippen LogP contribution in [0.1, 0.15) is 45.1 Å². The van der Waals surface area contributed by atoms with E-state index in [0.717, 1.165) is 30.3 Å². The molecule has 1 aliphatic heterocycles. The molecule has 1 aromatic carbocycles. The summed E-state index contributed by atoms with van der Waals surface area (Å²) in [6.45, 7) is 6.64. The van der Waals surface area contributed by atoms with Crippen molar-refractivity contribution in [2.75, 3.05) is 26.7 Å². The normalized spacial score (nSPS) is 25.5. The molecular weight excluding hydrogens is 314 g/mol. The predicted molar refractivity (Wildman–Crippen MR) is 100 cm³/mol. The maximum Gasteiger partial charge on any atom is 0.314 e. The minimum absolute atomic E-state index is 0.0802. The van der Waals surface area contributed by atoms with Gasteiger partial charge in [0, 0.05) is 24.0 Å². The number of rotatable bonds is 6. The third-order valence-electron chi connectivity index (χ3n) is 6.03. The number of nitrogens with one attached hydrogen (secondary N) is 3. The van der Waals surface area contributed by atoms with Gasteiger partial charge in [0.1, 0.15) is 5.75 Å². The van der Waals surface area contributed by atoms with Crippen molar-refractivity contribution in [3.05, 3.63) is 29.8 Å². The Hall–Kier alpha value is -1.75. The quantitative estimate of drug-likeness (QED) is 0.743. The maximum atomic E-state index is 12.3. The largest absolute Gasteiger partial charge is 0.497 e. The summed E-state index contributed by atoms with van der Waals surface area (Å²) in [5, 5.41) is 9.76. The summed E-state index contributed by atoms with van der Waals surface area (Å²) in [7, 11) is 1.67. The lowest BCUT2D eigenvalue weighted by Gasteiger charge is -2.53. The van der Waals surface area contributed by atoms with E-state index in [4.69, 9.17) is 4.74 Å². The van der Waals surface area contributed by atoms with Crippen LogP contribution in [-0.4, -0.2) is 38.3 Å². The number of fused-ring (bicyclic) bond motifs is 1. The van der Waals surface area contributed by atoms with Crippen LogP contribution < -0.4 is 20.7 Å². The molecule has 0 unspecified atom stereocenters. The van der Waals surface area contributed by atoms with Gasteiger partial charge in [0.15, 0.2) is 0 Å². The lowest BCUT2D eigenvalue weighted by molar-refractivity contribution is 0.0490. The van der Waals surface area contributed by atoms with Crippen LogP contribution in [-0.2, 0) is 5.41 Å². The van der Waals surface area contributed by atoms with Crippen molar-refractivity contribution in [3.63, 3.8) is 0 Å². The van der Waals surface area contributed by atoms with E-state index in [9.17, 15) is 4.79 Å². The molecule has 0 bridgehead atoms. The molecule has 2 aliphatic rings. The highest BCUT2D eigenvalue weighted by Gasteiger charge is 2.47. The van der Waals surface area contributed by atoms with Gasteiger partial charge in [0.05, 0.1) is 7.11 Å². The Bertz CT molecular complexity index is 617. The Kier molecular flexibility index (Phi) is 5.23. The Morgan fingerprint density at radius 3 is 2.88 bits per heavy atom. The molecule has 25 heavy (non-hydrogen) atoms. The van der Waals surface area contributed by atoms with E-state index < -0.39 is 0 Å². The van der Waals surface area contributed by atoms with Crippen molar-refractivity contribution in [2.45, 2.75) is 50.5 Å². The molecule has 0 spiro atoms. The molecule has 3 N–H and O–H groups in total. The standard InChI is InChI=1S/C20H31N3O2/c1-19(2,16-6-4-8-17(12-16)25-3)13-21-18(24)22-14-20-10-9-15(20)7-5-11-23-20/h4,6,8,12,15,23H,5,7,9-11,13-14H2,1-3H3,(H2,21,22,24)/t15-,20-/m1/s1. The number of piperidine rings is 1. The van der Waals surface area contributed by atoms with Crippen molar-refractivity contribution in [3.8, 4) is 5.75 Å². The molecule has 2 amide bonds. The number of hydrogen-bond acceptors (Lipinski definition) is 3. The van der Waals surface area contributed by atoms with Crippen molar-refractivity contribution < 1.29 is 9.53 Å². The van der Waals surface area contributed by atoms with Crippen LogP contribution in [0.3, 0.4) is 0 Å². The molecule has 1 heterocycles. The molecule has 138 valence electrons. The van der Waals surface area contributed by atoms with E-state index in [0.29, 0.717) is 6.54 Å². The Balaban J connectivity index is 1.49. The second-order valence-corrected chi connectivity index (χ2v) is 8.11. The first-order valence-corrected chi connectivity index (χ1v) is 9.36. The van der Waals surface area contributed by atoms with Crippen LogP contribution in [0, 0.1) is 5.92 Å². The van der Waals surface area contributed by atoms with Crippen LogP contribution in [0.2, 0.25) is 0 Å². The van der Waals surface area contributed by atoms with E-state index >= 15 is 0 Å². The summed E-state index contributed by atoms with van der Waals surface area (Å²) in [6.07, 6.45) is 5.01. The van der Waals surface area contributed by atoms with Gasteiger partial charge in [-0.3, -0.25) is 0 Å². The first-order chi connectivity index (χ1) is 12.0. The molecule has 2 fully saturated rings. The molecule has 2 atom stereocenters. The van der Waals surface area contributed by atoms with Gasteiger partial charge < -0.3 is 20.7 Å². The predicted octanol–water partition coefficient (Wildman–Crippen LogP) is 2.80. The molecule has 5 heteroatoms. The van der Waals surface area contributed by atoms with E-state index in [-0.39, 0.29) is 17.0 Å². The number of methoxy groups -OCH3 is 1. The first kappa shape index (κ1) is 18.1. The van der Waals surface area contributed by atoms with Crippen LogP contribution in [0.5, 0.6) is 5.75 Å². The zero-order valence-electron chi connectivity index (χ0n) is 15.7. The molecule has 5 nitrogen and oxygen atoms in total. The van der Waals surface area contributed by atoms with Gasteiger partial charge in [-0.25, -0.2) is 4.79 Å². The van der Waals surface area contributed by atoms with Crippen molar-refractivity contribution in [2.24, 2.45) is 5.92 Å². The number of hydrogen-bond donors (Lipinski definition) is 3. The third-order valence-corrected chi connectivity index (χ3v) is 6.03. The highest BCUT2D eigenvalue weighted by Crippen LogP contribution is 2.43. The van der Waals surface area contributed by atoms with Gasteiger partial charge in [-0.05, 0) is 55.8 Å².